The molecule has 0 bridgehead atoms. The predicted molar refractivity (Wildman–Crippen MR) is 164 cm³/mol. The molecule has 0 N–H and O–H groups in total. The van der Waals surface area contributed by atoms with Crippen molar-refractivity contribution in [3.8, 4) is 0 Å². The van der Waals surface area contributed by atoms with Crippen LogP contribution in [0.3, 0.4) is 0 Å². The smallest absolute Gasteiger partial charge is 0.172 e. The molecule has 1 rings (SSSR count). The molecule has 0 nitrogen and oxygen atoms in total. The average Bonchev–Trinajstić information content (AvgIpc) is 3.31. The van der Waals surface area contributed by atoms with E-state index in [4.69, 9.17) is 0 Å². The summed E-state index contributed by atoms with van der Waals surface area (Å²) in [6, 6.07) is 0. The van der Waals surface area contributed by atoms with Crippen molar-refractivity contribution in [2.45, 2.75) is 194 Å². The first-order chi connectivity index (χ1) is 11.5. The lowest BCUT2D eigenvalue weighted by molar-refractivity contribution is -0.110. The topological polar surface area (TPSA) is 0 Å². The first-order valence-electron chi connectivity index (χ1n) is 10.5. The van der Waals surface area contributed by atoms with Crippen molar-refractivity contribution in [1.29, 1.82) is 0 Å². The average molecular weight is 489 g/mol. The van der Waals surface area contributed by atoms with E-state index in [1.807, 2.05) is 27.7 Å². The van der Waals surface area contributed by atoms with Gasteiger partial charge in [0.15, 0.2) is 0 Å². The van der Waals surface area contributed by atoms with Crippen LogP contribution in [0.25, 0.3) is 0 Å². The van der Waals surface area contributed by atoms with Crippen molar-refractivity contribution in [3.63, 3.8) is 0 Å². The Balaban J connectivity index is -0.00000000948. The monoisotopic (exact) mass is 489 g/mol. The highest BCUT2D eigenvalue weighted by Gasteiger charge is 2.15. The molecular formula is C29H83F3. The van der Waals surface area contributed by atoms with Crippen molar-refractivity contribution in [2.24, 2.45) is 5.92 Å². The van der Waals surface area contributed by atoms with Gasteiger partial charge in [0.1, 0.15) is 0 Å². The fourth-order valence-corrected chi connectivity index (χ4v) is 0. The summed E-state index contributed by atoms with van der Waals surface area (Å²) in [6.07, 6.45) is 4.25. The minimum absolute atomic E-state index is 0. The van der Waals surface area contributed by atoms with Crippen LogP contribution in [0, 0.1) is 5.92 Å². The molecule has 0 aromatic heterocycles. The van der Waals surface area contributed by atoms with Crippen molar-refractivity contribution >= 4 is 0 Å². The van der Waals surface area contributed by atoms with Gasteiger partial charge >= 0.3 is 6.18 Å². The Morgan fingerprint density at radius 1 is 0.500 bits per heavy atom. The predicted octanol–water partition coefficient (Wildman–Crippen LogP) is 15.2. The van der Waals surface area contributed by atoms with Crippen molar-refractivity contribution in [3.05, 3.63) is 0 Å². The van der Waals surface area contributed by atoms with E-state index >= 15 is 0 Å². The molecule has 1 aliphatic rings. The summed E-state index contributed by atoms with van der Waals surface area (Å²) >= 11 is 0. The molecule has 3 heteroatoms. The largest absolute Gasteiger partial charge is 0.386 e. The fourth-order valence-electron chi connectivity index (χ4n) is 0. The van der Waals surface area contributed by atoms with Gasteiger partial charge in [0.05, 0.1) is 0 Å². The fraction of sp³-hybridized carbons (Fsp3) is 1.00. The van der Waals surface area contributed by atoms with Gasteiger partial charge in [-0.05, 0) is 5.92 Å². The van der Waals surface area contributed by atoms with Crippen LogP contribution in [0.2, 0.25) is 0 Å². The highest BCUT2D eigenvalue weighted by Crippen LogP contribution is 2.14. The Bertz CT molecular complexity index is 102. The van der Waals surface area contributed by atoms with Crippen LogP contribution in [-0.2, 0) is 0 Å². The van der Waals surface area contributed by atoms with E-state index in [-0.39, 0.29) is 58.9 Å². The molecule has 0 aromatic carbocycles. The Labute approximate surface area is 213 Å². The molecule has 32 heavy (non-hydrogen) atoms. The Hall–Kier alpha value is -0.210. The third kappa shape index (κ3) is 39600. The molecule has 220 valence electrons. The Kier molecular flexibility index (Phi) is 372. The molecule has 1 aliphatic carbocycles. The summed E-state index contributed by atoms with van der Waals surface area (Å²) in [5, 5.41) is 0. The van der Waals surface area contributed by atoms with Crippen LogP contribution in [0.15, 0.2) is 0 Å². The Morgan fingerprint density at radius 3 is 0.531 bits per heavy atom. The van der Waals surface area contributed by atoms with E-state index in [1.54, 1.807) is 0 Å². The van der Waals surface area contributed by atoms with Crippen molar-refractivity contribution in [1.82, 2.24) is 0 Å². The molecule has 1 fully saturated rings. The summed E-state index contributed by atoms with van der Waals surface area (Å²) in [5.41, 5.74) is 0. The second kappa shape index (κ2) is 125. The van der Waals surface area contributed by atoms with Crippen LogP contribution >= 0.6 is 0 Å². The number of rotatable bonds is 0. The second-order valence-electron chi connectivity index (χ2n) is 5.70. The molecule has 0 spiro atoms. The van der Waals surface area contributed by atoms with Gasteiger partial charge in [0.25, 0.3) is 0 Å². The standard InChI is InChI=1S/C4H10.C3H6.3C3H8.C2H3F3.2C2H6.7CH4/c1-4(2)3;1-2-3-1;3*1-3-2;1-2(3,4)5;2*1-2;;;;;;;/h4H,1-3H3;1-3H2;3*3H2,1-2H3;1H3;2*1-2H3;7*1H4. The summed E-state index contributed by atoms with van der Waals surface area (Å²) < 4.78 is 31.1. The summed E-state index contributed by atoms with van der Waals surface area (Å²) in [7, 11) is 0. The van der Waals surface area contributed by atoms with Crippen LogP contribution in [0.4, 0.5) is 13.2 Å². The van der Waals surface area contributed by atoms with E-state index < -0.39 is 6.18 Å². The summed E-state index contributed by atoms with van der Waals surface area (Å²) in [5.74, 6) is 0.833. The van der Waals surface area contributed by atoms with Crippen LogP contribution in [0.1, 0.15) is 187 Å². The summed E-state index contributed by atoms with van der Waals surface area (Å²) in [6.45, 7) is 27.4. The third-order valence-corrected chi connectivity index (χ3v) is 0.354. The zero-order valence-corrected chi connectivity index (χ0v) is 20.5. The Morgan fingerprint density at radius 2 is 0.531 bits per heavy atom. The molecule has 0 aromatic rings. The van der Waals surface area contributed by atoms with E-state index in [9.17, 15) is 13.2 Å². The zero-order chi connectivity index (χ0) is 22.3. The lowest BCUT2D eigenvalue weighted by atomic mass is 10.3. The summed E-state index contributed by atoms with van der Waals surface area (Å²) in [4.78, 5) is 0. The molecule has 0 aliphatic heterocycles. The first-order valence-corrected chi connectivity index (χ1v) is 10.5. The van der Waals surface area contributed by atoms with Crippen LogP contribution < -0.4 is 0 Å². The van der Waals surface area contributed by atoms with E-state index in [0.717, 1.165) is 5.92 Å². The SMILES string of the molecule is C.C.C.C.C.C.C.C1CC1.CC.CC.CC(C)C.CC(F)(F)F.CCC.CCC.CCC. The van der Waals surface area contributed by atoms with Crippen LogP contribution in [-0.4, -0.2) is 6.18 Å². The number of hydrogen-bond donors (Lipinski definition) is 0. The van der Waals surface area contributed by atoms with E-state index in [0.29, 0.717) is 0 Å². The van der Waals surface area contributed by atoms with Gasteiger partial charge in [-0.15, -0.1) is 0 Å². The molecule has 0 saturated heterocycles. The normalized spacial score (nSPS) is 7.31. The lowest BCUT2D eigenvalue weighted by Gasteiger charge is -1.88. The molecule has 1 saturated carbocycles. The van der Waals surface area contributed by atoms with Gasteiger partial charge in [-0.2, -0.15) is 13.2 Å². The molecule has 0 heterocycles. The lowest BCUT2D eigenvalue weighted by Crippen LogP contribution is -1.95. The maximum absolute atomic E-state index is 10.4. The van der Waals surface area contributed by atoms with Crippen LogP contribution in [0.5, 0.6) is 0 Å². The van der Waals surface area contributed by atoms with Gasteiger partial charge in [-0.1, -0.05) is 181 Å². The molecular weight excluding hydrogens is 405 g/mol. The minimum Gasteiger partial charge on any atom is -0.172 e. The van der Waals surface area contributed by atoms with Gasteiger partial charge in [0.2, 0.25) is 0 Å². The number of halogens is 3. The highest BCUT2D eigenvalue weighted by atomic mass is 19.4. The molecule has 0 radical (unpaired) electrons. The van der Waals surface area contributed by atoms with Crippen molar-refractivity contribution in [2.75, 3.05) is 0 Å². The quantitative estimate of drug-likeness (QED) is 0.318. The maximum Gasteiger partial charge on any atom is 0.386 e. The number of hydrogen-bond acceptors (Lipinski definition) is 0. The highest BCUT2D eigenvalue weighted by molar-refractivity contribution is 4.50. The van der Waals surface area contributed by atoms with Gasteiger partial charge in [-0.3, -0.25) is 0 Å². The first kappa shape index (κ1) is 95.2. The molecule has 0 unspecified atom stereocenters. The second-order valence-corrected chi connectivity index (χ2v) is 5.70. The van der Waals surface area contributed by atoms with Gasteiger partial charge in [-0.25, -0.2) is 0 Å². The zero-order valence-electron chi connectivity index (χ0n) is 20.5. The maximum atomic E-state index is 10.4. The van der Waals surface area contributed by atoms with E-state index in [2.05, 4.69) is 62.3 Å². The molecule has 0 atom stereocenters. The molecule has 0 amide bonds. The van der Waals surface area contributed by atoms with E-state index in [1.165, 1.54) is 38.5 Å². The van der Waals surface area contributed by atoms with Gasteiger partial charge < -0.3 is 0 Å². The van der Waals surface area contributed by atoms with Gasteiger partial charge in [0, 0.05) is 6.92 Å². The number of alkyl halides is 3. The minimum atomic E-state index is -4.00. The third-order valence-electron chi connectivity index (χ3n) is 0.354. The van der Waals surface area contributed by atoms with Crippen molar-refractivity contribution < 1.29 is 13.2 Å².